The molecule has 1 atom stereocenters. The first kappa shape index (κ1) is 13.8. The van der Waals surface area contributed by atoms with E-state index >= 15 is 0 Å². The van der Waals surface area contributed by atoms with Crippen LogP contribution in [0.2, 0.25) is 10.0 Å². The third kappa shape index (κ3) is 3.45. The van der Waals surface area contributed by atoms with Crippen LogP contribution in [0.15, 0.2) is 23.6 Å². The molecule has 1 aromatic carbocycles. The van der Waals surface area contributed by atoms with Gasteiger partial charge in [-0.15, -0.1) is 11.3 Å². The fourth-order valence-corrected chi connectivity index (χ4v) is 2.96. The summed E-state index contributed by atoms with van der Waals surface area (Å²) in [6, 6.07) is 5.36. The number of halogens is 2. The fourth-order valence-electron chi connectivity index (χ4n) is 1.78. The predicted molar refractivity (Wildman–Crippen MR) is 76.7 cm³/mol. The van der Waals surface area contributed by atoms with E-state index in [1.807, 2.05) is 12.3 Å². The molecule has 96 valence electrons. The second-order valence-corrected chi connectivity index (χ2v) is 6.00. The van der Waals surface area contributed by atoms with Crippen LogP contribution in [0.1, 0.15) is 16.3 Å². The van der Waals surface area contributed by atoms with Crippen LogP contribution >= 0.6 is 34.5 Å². The number of hydrogen-bond donors (Lipinski definition) is 1. The average Bonchev–Trinajstić information content (AvgIpc) is 2.69. The number of hydrogen-bond acceptors (Lipinski definition) is 3. The normalized spacial score (nSPS) is 12.7. The highest BCUT2D eigenvalue weighted by molar-refractivity contribution is 7.09. The van der Waals surface area contributed by atoms with Crippen LogP contribution in [0.4, 0.5) is 0 Å². The van der Waals surface area contributed by atoms with Gasteiger partial charge in [0.25, 0.3) is 0 Å². The van der Waals surface area contributed by atoms with Crippen molar-refractivity contribution >= 4 is 34.5 Å². The molecule has 2 nitrogen and oxygen atoms in total. The Labute approximate surface area is 120 Å². The molecule has 0 bridgehead atoms. The van der Waals surface area contributed by atoms with Gasteiger partial charge in [0.15, 0.2) is 0 Å². The summed E-state index contributed by atoms with van der Waals surface area (Å²) in [4.78, 5) is 4.33. The lowest BCUT2D eigenvalue weighted by molar-refractivity contribution is 0.174. The topological polar surface area (TPSA) is 33.1 Å². The summed E-state index contributed by atoms with van der Waals surface area (Å²) in [6.45, 7) is 1.95. The fraction of sp³-hybridized carbons (Fsp3) is 0.308. The van der Waals surface area contributed by atoms with Gasteiger partial charge in [-0.1, -0.05) is 29.3 Å². The summed E-state index contributed by atoms with van der Waals surface area (Å²) in [6.07, 6.45) is 0.435. The summed E-state index contributed by atoms with van der Waals surface area (Å²) in [5.41, 5.74) is 1.70. The Balaban J connectivity index is 2.05. The first-order valence-corrected chi connectivity index (χ1v) is 7.22. The highest BCUT2D eigenvalue weighted by Gasteiger charge is 2.13. The molecule has 0 spiro atoms. The van der Waals surface area contributed by atoms with Crippen LogP contribution in [0.3, 0.4) is 0 Å². The molecule has 0 aliphatic carbocycles. The van der Waals surface area contributed by atoms with Crippen molar-refractivity contribution < 1.29 is 5.11 Å². The van der Waals surface area contributed by atoms with Gasteiger partial charge in [0, 0.05) is 28.3 Å². The molecule has 1 N–H and O–H groups in total. The zero-order valence-corrected chi connectivity index (χ0v) is 12.2. The SMILES string of the molecule is Cc1nc(CC(O)Cc2c(Cl)cccc2Cl)cs1. The molecule has 5 heteroatoms. The molecular formula is C13H13Cl2NOS. The monoisotopic (exact) mass is 301 g/mol. The lowest BCUT2D eigenvalue weighted by atomic mass is 10.0. The Morgan fingerprint density at radius 3 is 2.50 bits per heavy atom. The van der Waals surface area contributed by atoms with Gasteiger partial charge < -0.3 is 5.11 Å². The van der Waals surface area contributed by atoms with E-state index in [9.17, 15) is 5.11 Å². The van der Waals surface area contributed by atoms with E-state index in [-0.39, 0.29) is 0 Å². The maximum atomic E-state index is 10.1. The van der Waals surface area contributed by atoms with Gasteiger partial charge in [-0.25, -0.2) is 4.98 Å². The molecule has 0 saturated carbocycles. The minimum Gasteiger partial charge on any atom is -0.392 e. The number of aryl methyl sites for hydroxylation is 1. The Kier molecular flexibility index (Phi) is 4.62. The van der Waals surface area contributed by atoms with Gasteiger partial charge in [0.05, 0.1) is 16.8 Å². The Morgan fingerprint density at radius 1 is 1.28 bits per heavy atom. The molecule has 1 heterocycles. The Bertz CT molecular complexity index is 521. The number of aliphatic hydroxyl groups is 1. The lowest BCUT2D eigenvalue weighted by Crippen LogP contribution is -2.14. The van der Waals surface area contributed by atoms with Crippen LogP contribution < -0.4 is 0 Å². The number of aliphatic hydroxyl groups excluding tert-OH is 1. The van der Waals surface area contributed by atoms with Crippen molar-refractivity contribution in [1.82, 2.24) is 4.98 Å². The summed E-state index contributed by atoms with van der Waals surface area (Å²) >= 11 is 13.7. The molecule has 0 saturated heterocycles. The molecule has 0 radical (unpaired) electrons. The van der Waals surface area contributed by atoms with Crippen molar-refractivity contribution in [3.05, 3.63) is 49.9 Å². The van der Waals surface area contributed by atoms with Crippen LogP contribution in [-0.4, -0.2) is 16.2 Å². The van der Waals surface area contributed by atoms with Gasteiger partial charge in [0.2, 0.25) is 0 Å². The van der Waals surface area contributed by atoms with Gasteiger partial charge in [-0.2, -0.15) is 0 Å². The first-order valence-electron chi connectivity index (χ1n) is 5.58. The van der Waals surface area contributed by atoms with E-state index in [2.05, 4.69) is 4.98 Å². The van der Waals surface area contributed by atoms with Crippen molar-refractivity contribution in [1.29, 1.82) is 0 Å². The minimum atomic E-state index is -0.524. The van der Waals surface area contributed by atoms with Gasteiger partial charge in [-0.3, -0.25) is 0 Å². The summed E-state index contributed by atoms with van der Waals surface area (Å²) < 4.78 is 0. The molecule has 2 rings (SSSR count). The molecule has 0 aliphatic heterocycles. The van der Waals surface area contributed by atoms with Gasteiger partial charge >= 0.3 is 0 Å². The van der Waals surface area contributed by atoms with Crippen molar-refractivity contribution in [2.45, 2.75) is 25.9 Å². The van der Waals surface area contributed by atoms with Crippen molar-refractivity contribution in [2.24, 2.45) is 0 Å². The van der Waals surface area contributed by atoms with Crippen molar-refractivity contribution in [3.8, 4) is 0 Å². The largest absolute Gasteiger partial charge is 0.392 e. The molecule has 2 aromatic rings. The number of benzene rings is 1. The van der Waals surface area contributed by atoms with E-state index in [1.54, 1.807) is 29.5 Å². The van der Waals surface area contributed by atoms with Crippen molar-refractivity contribution in [2.75, 3.05) is 0 Å². The standard InChI is InChI=1S/C13H13Cl2NOS/c1-8-16-9(7-18-8)5-10(17)6-11-12(14)3-2-4-13(11)15/h2-4,7,10,17H,5-6H2,1H3. The van der Waals surface area contributed by atoms with Crippen molar-refractivity contribution in [3.63, 3.8) is 0 Å². The third-order valence-corrected chi connectivity index (χ3v) is 4.14. The number of nitrogens with zero attached hydrogens (tertiary/aromatic N) is 1. The molecule has 0 aliphatic rings. The highest BCUT2D eigenvalue weighted by atomic mass is 35.5. The van der Waals surface area contributed by atoms with Crippen LogP contribution in [0.25, 0.3) is 0 Å². The van der Waals surface area contributed by atoms with Crippen LogP contribution in [0.5, 0.6) is 0 Å². The molecule has 1 unspecified atom stereocenters. The molecule has 0 amide bonds. The molecular weight excluding hydrogens is 289 g/mol. The predicted octanol–water partition coefficient (Wildman–Crippen LogP) is 3.90. The second-order valence-electron chi connectivity index (χ2n) is 4.12. The minimum absolute atomic E-state index is 0.440. The third-order valence-electron chi connectivity index (χ3n) is 2.61. The Hall–Kier alpha value is -0.610. The zero-order chi connectivity index (χ0) is 13.1. The van der Waals surface area contributed by atoms with Gasteiger partial charge in [-0.05, 0) is 24.6 Å². The van der Waals surface area contributed by atoms with Crippen LogP contribution in [-0.2, 0) is 12.8 Å². The van der Waals surface area contributed by atoms with E-state index in [0.717, 1.165) is 16.3 Å². The van der Waals surface area contributed by atoms with Crippen LogP contribution in [0, 0.1) is 6.92 Å². The van der Waals surface area contributed by atoms with E-state index < -0.39 is 6.10 Å². The summed E-state index contributed by atoms with van der Waals surface area (Å²) in [7, 11) is 0. The molecule has 1 aromatic heterocycles. The number of aromatic nitrogens is 1. The molecule has 0 fully saturated rings. The maximum absolute atomic E-state index is 10.1. The zero-order valence-electron chi connectivity index (χ0n) is 9.86. The average molecular weight is 302 g/mol. The van der Waals surface area contributed by atoms with E-state index in [1.165, 1.54) is 0 Å². The maximum Gasteiger partial charge on any atom is 0.0897 e. The van der Waals surface area contributed by atoms with E-state index in [0.29, 0.717) is 22.9 Å². The quantitative estimate of drug-likeness (QED) is 0.929. The number of rotatable bonds is 4. The lowest BCUT2D eigenvalue weighted by Gasteiger charge is -2.12. The number of thiazole rings is 1. The van der Waals surface area contributed by atoms with Gasteiger partial charge in [0.1, 0.15) is 0 Å². The summed E-state index contributed by atoms with van der Waals surface area (Å²) in [5.74, 6) is 0. The summed E-state index contributed by atoms with van der Waals surface area (Å²) in [5, 5.41) is 14.2. The molecule has 18 heavy (non-hydrogen) atoms. The Morgan fingerprint density at radius 2 is 1.94 bits per heavy atom. The van der Waals surface area contributed by atoms with E-state index in [4.69, 9.17) is 23.2 Å². The second kappa shape index (κ2) is 6.02. The highest BCUT2D eigenvalue weighted by Crippen LogP contribution is 2.26. The smallest absolute Gasteiger partial charge is 0.0897 e. The first-order chi connectivity index (χ1) is 8.56.